The van der Waals surface area contributed by atoms with Crippen LogP contribution in [-0.4, -0.2) is 18.5 Å². The summed E-state index contributed by atoms with van der Waals surface area (Å²) in [7, 11) is -4.16. The number of sulfonamides is 1. The van der Waals surface area contributed by atoms with Crippen molar-refractivity contribution in [2.75, 3.05) is 0 Å². The number of aryl methyl sites for hydroxylation is 1. The summed E-state index contributed by atoms with van der Waals surface area (Å²) in [5, 5.41) is 13.2. The van der Waals surface area contributed by atoms with Gasteiger partial charge < -0.3 is 5.11 Å². The molecule has 15 heavy (non-hydrogen) atoms. The zero-order valence-electron chi connectivity index (χ0n) is 7.61. The summed E-state index contributed by atoms with van der Waals surface area (Å²) in [6.07, 6.45) is -3.06. The second-order valence-electron chi connectivity index (χ2n) is 2.86. The lowest BCUT2D eigenvalue weighted by molar-refractivity contribution is 0.141. The molecule has 0 radical (unpaired) electrons. The molecule has 1 heterocycles. The van der Waals surface area contributed by atoms with E-state index in [2.05, 4.69) is 4.98 Å². The van der Waals surface area contributed by atoms with Crippen LogP contribution in [0.4, 0.5) is 8.78 Å². The summed E-state index contributed by atoms with van der Waals surface area (Å²) in [6, 6.07) is 0.883. The van der Waals surface area contributed by atoms with E-state index in [0.717, 1.165) is 6.07 Å². The van der Waals surface area contributed by atoms with Crippen LogP contribution in [0.2, 0.25) is 0 Å². The van der Waals surface area contributed by atoms with Gasteiger partial charge in [0.1, 0.15) is 11.4 Å². The molecule has 8 heteroatoms. The number of aromatic hydroxyl groups is 1. The van der Waals surface area contributed by atoms with Crippen LogP contribution >= 0.6 is 0 Å². The Labute approximate surface area is 84.6 Å². The maximum Gasteiger partial charge on any atom is 0.284 e. The largest absolute Gasteiger partial charge is 0.506 e. The SMILES string of the molecule is Cc1cc(O)c(C(F)F)nc1S(N)(=O)=O. The quantitative estimate of drug-likeness (QED) is 0.792. The summed E-state index contributed by atoms with van der Waals surface area (Å²) in [6.45, 7) is 1.29. The molecule has 0 aliphatic rings. The number of nitrogens with zero attached hydrogens (tertiary/aromatic N) is 1. The van der Waals surface area contributed by atoms with E-state index in [1.165, 1.54) is 6.92 Å². The summed E-state index contributed by atoms with van der Waals surface area (Å²) >= 11 is 0. The molecular formula is C7H8F2N2O3S. The summed E-state index contributed by atoms with van der Waals surface area (Å²) < 4.78 is 46.4. The number of pyridine rings is 1. The lowest BCUT2D eigenvalue weighted by Crippen LogP contribution is -2.16. The molecule has 0 spiro atoms. The number of rotatable bonds is 2. The monoisotopic (exact) mass is 238 g/mol. The minimum absolute atomic E-state index is 0.0133. The van der Waals surface area contributed by atoms with Crippen LogP contribution in [0.3, 0.4) is 0 Å². The summed E-state index contributed by atoms with van der Waals surface area (Å²) in [4.78, 5) is 3.13. The van der Waals surface area contributed by atoms with Crippen LogP contribution in [0, 0.1) is 6.92 Å². The van der Waals surface area contributed by atoms with Crippen molar-refractivity contribution in [2.24, 2.45) is 5.14 Å². The van der Waals surface area contributed by atoms with E-state index in [1.54, 1.807) is 0 Å². The Morgan fingerprint density at radius 3 is 2.47 bits per heavy atom. The van der Waals surface area contributed by atoms with Gasteiger partial charge in [0.25, 0.3) is 16.4 Å². The Morgan fingerprint density at radius 2 is 2.07 bits per heavy atom. The van der Waals surface area contributed by atoms with Crippen molar-refractivity contribution in [1.82, 2.24) is 4.98 Å². The third-order valence-corrected chi connectivity index (χ3v) is 2.60. The first-order valence-electron chi connectivity index (χ1n) is 3.75. The molecule has 0 atom stereocenters. The summed E-state index contributed by atoms with van der Waals surface area (Å²) in [5.74, 6) is -0.755. The van der Waals surface area contributed by atoms with Gasteiger partial charge in [0.05, 0.1) is 0 Å². The molecule has 0 saturated heterocycles. The topological polar surface area (TPSA) is 93.3 Å². The molecule has 0 aliphatic heterocycles. The first kappa shape index (κ1) is 11.8. The molecule has 0 saturated carbocycles. The molecule has 0 aromatic carbocycles. The van der Waals surface area contributed by atoms with Crippen molar-refractivity contribution in [3.8, 4) is 5.75 Å². The first-order chi connectivity index (χ1) is 6.73. The van der Waals surface area contributed by atoms with E-state index in [4.69, 9.17) is 10.2 Å². The first-order valence-corrected chi connectivity index (χ1v) is 5.29. The summed E-state index contributed by atoms with van der Waals surface area (Å²) in [5.41, 5.74) is -0.982. The number of hydrogen-bond donors (Lipinski definition) is 2. The Morgan fingerprint density at radius 1 is 1.53 bits per heavy atom. The maximum absolute atomic E-state index is 12.3. The van der Waals surface area contributed by atoms with Gasteiger partial charge in [-0.2, -0.15) is 0 Å². The Balaban J connectivity index is 3.50. The van der Waals surface area contributed by atoms with Gasteiger partial charge in [-0.05, 0) is 18.6 Å². The minimum atomic E-state index is -4.16. The lowest BCUT2D eigenvalue weighted by Gasteiger charge is -2.07. The van der Waals surface area contributed by atoms with Gasteiger partial charge in [0.15, 0.2) is 5.03 Å². The van der Waals surface area contributed by atoms with Crippen molar-refractivity contribution in [3.63, 3.8) is 0 Å². The predicted molar refractivity (Wildman–Crippen MR) is 47.0 cm³/mol. The fourth-order valence-corrected chi connectivity index (χ4v) is 1.78. The standard InChI is InChI=1S/C7H8F2N2O3S/c1-3-2-4(12)5(6(8)9)11-7(3)15(10,13)14/h2,6,12H,1H3,(H2,10,13,14). The second kappa shape index (κ2) is 3.70. The third-order valence-electron chi connectivity index (χ3n) is 1.65. The van der Waals surface area contributed by atoms with Gasteiger partial charge in [-0.15, -0.1) is 0 Å². The fourth-order valence-electron chi connectivity index (χ4n) is 1.04. The molecule has 1 rings (SSSR count). The van der Waals surface area contributed by atoms with E-state index in [-0.39, 0.29) is 5.56 Å². The molecule has 84 valence electrons. The Bertz CT molecular complexity index is 487. The lowest BCUT2D eigenvalue weighted by atomic mass is 10.2. The molecular weight excluding hydrogens is 230 g/mol. The van der Waals surface area contributed by atoms with E-state index < -0.39 is 32.9 Å². The molecule has 1 aromatic rings. The fraction of sp³-hybridized carbons (Fsp3) is 0.286. The Hall–Kier alpha value is -1.28. The zero-order valence-corrected chi connectivity index (χ0v) is 8.42. The van der Waals surface area contributed by atoms with E-state index >= 15 is 0 Å². The Kier molecular flexibility index (Phi) is 2.91. The van der Waals surface area contributed by atoms with Crippen LogP contribution in [0.25, 0.3) is 0 Å². The highest BCUT2D eigenvalue weighted by Gasteiger charge is 2.21. The molecule has 5 nitrogen and oxygen atoms in total. The van der Waals surface area contributed by atoms with Gasteiger partial charge in [-0.3, -0.25) is 0 Å². The highest BCUT2D eigenvalue weighted by Crippen LogP contribution is 2.28. The smallest absolute Gasteiger partial charge is 0.284 e. The number of alkyl halides is 2. The van der Waals surface area contributed by atoms with Crippen LogP contribution in [0.1, 0.15) is 17.7 Å². The van der Waals surface area contributed by atoms with Crippen LogP contribution in [0.15, 0.2) is 11.1 Å². The average molecular weight is 238 g/mol. The van der Waals surface area contributed by atoms with E-state index in [1.807, 2.05) is 0 Å². The van der Waals surface area contributed by atoms with Crippen LogP contribution in [0.5, 0.6) is 5.75 Å². The number of aromatic nitrogens is 1. The molecule has 0 fully saturated rings. The van der Waals surface area contributed by atoms with Gasteiger partial charge in [-0.25, -0.2) is 27.3 Å². The van der Waals surface area contributed by atoms with Crippen molar-refractivity contribution >= 4 is 10.0 Å². The third kappa shape index (κ3) is 2.39. The average Bonchev–Trinajstić information content (AvgIpc) is 2.00. The van der Waals surface area contributed by atoms with Crippen LogP contribution in [-0.2, 0) is 10.0 Å². The van der Waals surface area contributed by atoms with Crippen molar-refractivity contribution in [2.45, 2.75) is 18.4 Å². The van der Waals surface area contributed by atoms with Crippen molar-refractivity contribution in [1.29, 1.82) is 0 Å². The maximum atomic E-state index is 12.3. The van der Waals surface area contributed by atoms with Gasteiger partial charge in [-0.1, -0.05) is 0 Å². The highest BCUT2D eigenvalue weighted by atomic mass is 32.2. The van der Waals surface area contributed by atoms with E-state index in [9.17, 15) is 17.2 Å². The molecule has 0 amide bonds. The van der Waals surface area contributed by atoms with Gasteiger partial charge in [0.2, 0.25) is 0 Å². The number of nitrogens with two attached hydrogens (primary N) is 1. The van der Waals surface area contributed by atoms with Gasteiger partial charge >= 0.3 is 0 Å². The number of primary sulfonamides is 1. The molecule has 0 bridgehead atoms. The molecule has 1 aromatic heterocycles. The number of hydrogen-bond acceptors (Lipinski definition) is 4. The van der Waals surface area contributed by atoms with Crippen molar-refractivity contribution < 1.29 is 22.3 Å². The molecule has 3 N–H and O–H groups in total. The van der Waals surface area contributed by atoms with E-state index in [0.29, 0.717) is 0 Å². The van der Waals surface area contributed by atoms with Crippen molar-refractivity contribution in [3.05, 3.63) is 17.3 Å². The highest BCUT2D eigenvalue weighted by molar-refractivity contribution is 7.89. The normalized spacial score (nSPS) is 12.1. The second-order valence-corrected chi connectivity index (χ2v) is 4.34. The molecule has 0 unspecified atom stereocenters. The van der Waals surface area contributed by atoms with Gasteiger partial charge in [0, 0.05) is 0 Å². The zero-order chi connectivity index (χ0) is 11.8. The minimum Gasteiger partial charge on any atom is -0.506 e. The molecule has 0 aliphatic carbocycles. The van der Waals surface area contributed by atoms with Crippen LogP contribution < -0.4 is 5.14 Å². The number of halogens is 2. The predicted octanol–water partition coefficient (Wildman–Crippen LogP) is 0.681.